The van der Waals surface area contributed by atoms with E-state index in [0.717, 1.165) is 39.1 Å². The first-order valence-electron chi connectivity index (χ1n) is 13.5. The number of carbonyl (C=O) groups excluding carboxylic acids is 2. The molecule has 0 spiro atoms. The van der Waals surface area contributed by atoms with Gasteiger partial charge < -0.3 is 19.5 Å². The molecule has 0 aliphatic rings. The summed E-state index contributed by atoms with van der Waals surface area (Å²) in [6, 6.07) is 4.84. The second kappa shape index (κ2) is 12.5. The van der Waals surface area contributed by atoms with Crippen molar-refractivity contribution in [3.05, 3.63) is 46.3 Å². The number of nitrogens with one attached hydrogen (secondary N) is 1. The smallest absolute Gasteiger partial charge is 0.308 e. The van der Waals surface area contributed by atoms with E-state index in [9.17, 15) is 9.59 Å². The third kappa shape index (κ3) is 6.88. The van der Waals surface area contributed by atoms with Crippen LogP contribution in [0.2, 0.25) is 0 Å². The van der Waals surface area contributed by atoms with Gasteiger partial charge in [-0.05, 0) is 90.6 Å². The van der Waals surface area contributed by atoms with Crippen LogP contribution in [-0.4, -0.2) is 47.0 Å². The van der Waals surface area contributed by atoms with Gasteiger partial charge in [-0.25, -0.2) is 9.67 Å². The zero-order valence-corrected chi connectivity index (χ0v) is 24.7. The summed E-state index contributed by atoms with van der Waals surface area (Å²) in [5.74, 6) is 0.583. The van der Waals surface area contributed by atoms with Crippen LogP contribution in [0.1, 0.15) is 81.6 Å². The minimum Gasteiger partial charge on any atom is -0.493 e. The van der Waals surface area contributed by atoms with Gasteiger partial charge in [-0.3, -0.25) is 9.59 Å². The van der Waals surface area contributed by atoms with E-state index in [1.165, 1.54) is 0 Å². The molecule has 0 radical (unpaired) electrons. The van der Waals surface area contributed by atoms with Crippen LogP contribution in [-0.2, 0) is 26.3 Å². The molecule has 0 aliphatic heterocycles. The summed E-state index contributed by atoms with van der Waals surface area (Å²) in [4.78, 5) is 30.5. The Labute approximate surface area is 231 Å². The summed E-state index contributed by atoms with van der Waals surface area (Å²) in [6.07, 6.45) is 0.771. The van der Waals surface area contributed by atoms with Gasteiger partial charge in [0.1, 0.15) is 0 Å². The molecule has 39 heavy (non-hydrogen) atoms. The summed E-state index contributed by atoms with van der Waals surface area (Å²) in [7, 11) is 1.56. The molecule has 0 fully saturated rings. The van der Waals surface area contributed by atoms with Crippen molar-refractivity contribution < 1.29 is 23.8 Å². The number of nitrogens with zero attached hydrogens (tertiary/aromatic N) is 3. The number of hydrogen-bond acceptors (Lipinski definition) is 7. The largest absolute Gasteiger partial charge is 0.493 e. The summed E-state index contributed by atoms with van der Waals surface area (Å²) in [6.45, 7) is 16.8. The average molecular weight is 539 g/mol. The normalized spacial score (nSPS) is 12.3. The maximum Gasteiger partial charge on any atom is 0.308 e. The molecule has 0 saturated carbocycles. The van der Waals surface area contributed by atoms with Crippen LogP contribution in [0.3, 0.4) is 0 Å². The van der Waals surface area contributed by atoms with Gasteiger partial charge in [-0.1, -0.05) is 6.07 Å². The van der Waals surface area contributed by atoms with Gasteiger partial charge in [0, 0.05) is 17.5 Å². The monoisotopic (exact) mass is 538 g/mol. The Hall–Kier alpha value is -3.62. The highest BCUT2D eigenvalue weighted by atomic mass is 16.5. The van der Waals surface area contributed by atoms with E-state index in [2.05, 4.69) is 33.0 Å². The maximum atomic E-state index is 13.2. The lowest BCUT2D eigenvalue weighted by Crippen LogP contribution is -2.31. The molecule has 2 aromatic heterocycles. The Kier molecular flexibility index (Phi) is 9.59. The highest BCUT2D eigenvalue weighted by Crippen LogP contribution is 2.32. The van der Waals surface area contributed by atoms with Crippen LogP contribution in [0.15, 0.2) is 18.2 Å². The Balaban J connectivity index is 1.84. The Bertz CT molecular complexity index is 1340. The fourth-order valence-electron chi connectivity index (χ4n) is 4.86. The Morgan fingerprint density at radius 1 is 1.05 bits per heavy atom. The van der Waals surface area contributed by atoms with E-state index in [1.54, 1.807) is 26.2 Å². The molecule has 1 atom stereocenters. The number of pyridine rings is 1. The molecule has 1 aromatic carbocycles. The van der Waals surface area contributed by atoms with E-state index < -0.39 is 6.04 Å². The lowest BCUT2D eigenvalue weighted by Gasteiger charge is -2.21. The van der Waals surface area contributed by atoms with Gasteiger partial charge in [0.25, 0.3) is 0 Å². The zero-order chi connectivity index (χ0) is 28.9. The third-order valence-corrected chi connectivity index (χ3v) is 6.71. The summed E-state index contributed by atoms with van der Waals surface area (Å²) in [5, 5.41) is 8.83. The minimum absolute atomic E-state index is 0.00741. The number of rotatable bonds is 11. The molecule has 0 saturated heterocycles. The number of esters is 1. The number of amides is 1. The van der Waals surface area contributed by atoms with Gasteiger partial charge >= 0.3 is 5.97 Å². The van der Waals surface area contributed by atoms with Crippen LogP contribution in [0.4, 0.5) is 0 Å². The fourth-order valence-corrected chi connectivity index (χ4v) is 4.86. The first-order chi connectivity index (χ1) is 18.4. The van der Waals surface area contributed by atoms with E-state index in [-0.39, 0.29) is 36.9 Å². The van der Waals surface area contributed by atoms with Gasteiger partial charge in [-0.15, -0.1) is 0 Å². The van der Waals surface area contributed by atoms with Crippen molar-refractivity contribution in [2.45, 2.75) is 86.2 Å². The summed E-state index contributed by atoms with van der Waals surface area (Å²) >= 11 is 0. The first-order valence-corrected chi connectivity index (χ1v) is 13.5. The van der Waals surface area contributed by atoms with Crippen LogP contribution in [0, 0.1) is 20.8 Å². The van der Waals surface area contributed by atoms with Crippen molar-refractivity contribution in [2.75, 3.05) is 20.3 Å². The lowest BCUT2D eigenvalue weighted by atomic mass is 9.98. The maximum absolute atomic E-state index is 13.2. The molecule has 9 nitrogen and oxygen atoms in total. The van der Waals surface area contributed by atoms with Crippen molar-refractivity contribution in [3.8, 4) is 11.5 Å². The van der Waals surface area contributed by atoms with Gasteiger partial charge in [0.05, 0.1) is 44.0 Å². The van der Waals surface area contributed by atoms with Crippen molar-refractivity contribution in [2.24, 2.45) is 0 Å². The Morgan fingerprint density at radius 3 is 2.38 bits per heavy atom. The highest BCUT2D eigenvalue weighted by Gasteiger charge is 2.24. The number of hydrogen-bond donors (Lipinski definition) is 1. The second-order valence-electron chi connectivity index (χ2n) is 10.6. The summed E-state index contributed by atoms with van der Waals surface area (Å²) < 4.78 is 18.2. The molecule has 212 valence electrons. The lowest BCUT2D eigenvalue weighted by molar-refractivity contribution is -0.143. The molecule has 0 aliphatic carbocycles. The van der Waals surface area contributed by atoms with Crippen molar-refractivity contribution in [1.29, 1.82) is 0 Å². The SMILES string of the molecule is CCOC(=O)C[C@H](NC(=O)CCc1c(C)nc2c(c(C)nn2C(C)(C)C)c1C)c1ccc(OCC)c(OC)c1. The summed E-state index contributed by atoms with van der Waals surface area (Å²) in [5.41, 5.74) is 5.35. The molecule has 0 bridgehead atoms. The number of benzene rings is 1. The van der Waals surface area contributed by atoms with Crippen LogP contribution in [0.25, 0.3) is 11.0 Å². The second-order valence-corrected chi connectivity index (χ2v) is 10.6. The molecular formula is C30H42N4O5. The molecule has 2 heterocycles. The van der Waals surface area contributed by atoms with E-state index >= 15 is 0 Å². The van der Waals surface area contributed by atoms with Gasteiger partial charge in [-0.2, -0.15) is 5.10 Å². The van der Waals surface area contributed by atoms with Crippen LogP contribution < -0.4 is 14.8 Å². The molecule has 3 rings (SSSR count). The number of methoxy groups -OCH3 is 1. The molecule has 0 unspecified atom stereocenters. The predicted octanol–water partition coefficient (Wildman–Crippen LogP) is 5.26. The number of ether oxygens (including phenoxy) is 3. The van der Waals surface area contributed by atoms with Crippen LogP contribution in [0.5, 0.6) is 11.5 Å². The average Bonchev–Trinajstić information content (AvgIpc) is 3.20. The highest BCUT2D eigenvalue weighted by molar-refractivity contribution is 5.84. The third-order valence-electron chi connectivity index (χ3n) is 6.71. The quantitative estimate of drug-likeness (QED) is 0.332. The topological polar surface area (TPSA) is 105 Å². The first kappa shape index (κ1) is 29.9. The number of aryl methyl sites for hydroxylation is 3. The van der Waals surface area contributed by atoms with E-state index in [4.69, 9.17) is 24.3 Å². The molecule has 1 N–H and O–H groups in total. The van der Waals surface area contributed by atoms with Gasteiger partial charge in [0.2, 0.25) is 5.91 Å². The minimum atomic E-state index is -0.573. The van der Waals surface area contributed by atoms with Crippen LogP contribution >= 0.6 is 0 Å². The molecule has 1 amide bonds. The standard InChI is InChI=1S/C30H42N4O5/c1-10-38-24-14-12-21(16-25(24)37-9)23(17-27(36)39-11-2)32-26(35)15-13-22-18(3)28-20(5)33-34(30(6,7)8)29(28)31-19(22)4/h12,14,16,23H,10-11,13,15,17H2,1-9H3,(H,32,35)/t23-/m0/s1. The Morgan fingerprint density at radius 2 is 1.77 bits per heavy atom. The number of aromatic nitrogens is 3. The zero-order valence-electron chi connectivity index (χ0n) is 24.7. The fraction of sp³-hybridized carbons (Fsp3) is 0.533. The van der Waals surface area contributed by atoms with Gasteiger partial charge in [0.15, 0.2) is 17.1 Å². The predicted molar refractivity (Wildman–Crippen MR) is 151 cm³/mol. The van der Waals surface area contributed by atoms with Crippen molar-refractivity contribution in [3.63, 3.8) is 0 Å². The van der Waals surface area contributed by atoms with Crippen molar-refractivity contribution >= 4 is 22.9 Å². The van der Waals surface area contributed by atoms with Crippen molar-refractivity contribution in [1.82, 2.24) is 20.1 Å². The molecular weight excluding hydrogens is 496 g/mol. The molecule has 3 aromatic rings. The molecule has 9 heteroatoms. The number of carbonyl (C=O) groups is 2. The number of fused-ring (bicyclic) bond motifs is 1. The van der Waals surface area contributed by atoms with E-state index in [1.807, 2.05) is 31.5 Å². The van der Waals surface area contributed by atoms with E-state index in [0.29, 0.717) is 24.5 Å².